The minimum absolute atomic E-state index is 0.386. The third-order valence-corrected chi connectivity index (χ3v) is 4.63. The summed E-state index contributed by atoms with van der Waals surface area (Å²) in [7, 11) is 0. The second-order valence-corrected chi connectivity index (χ2v) is 6.44. The van der Waals surface area contributed by atoms with Gasteiger partial charge in [0.1, 0.15) is 0 Å². The molecule has 1 unspecified atom stereocenters. The van der Waals surface area contributed by atoms with Crippen LogP contribution >= 0.6 is 0 Å². The van der Waals surface area contributed by atoms with Crippen molar-refractivity contribution in [3.8, 4) is 0 Å². The van der Waals surface area contributed by atoms with Crippen LogP contribution in [0, 0.1) is 0 Å². The van der Waals surface area contributed by atoms with E-state index in [0.717, 1.165) is 12.5 Å². The van der Waals surface area contributed by atoms with Crippen molar-refractivity contribution in [2.24, 2.45) is 5.73 Å². The van der Waals surface area contributed by atoms with Crippen LogP contribution in [-0.2, 0) is 0 Å². The summed E-state index contributed by atoms with van der Waals surface area (Å²) in [5.41, 5.74) is 9.03. The lowest BCUT2D eigenvalue weighted by Crippen LogP contribution is -2.35. The second kappa shape index (κ2) is 8.55. The molecule has 0 radical (unpaired) electrons. The summed E-state index contributed by atoms with van der Waals surface area (Å²) in [6.07, 6.45) is 7.78. The van der Waals surface area contributed by atoms with Gasteiger partial charge in [-0.05, 0) is 55.8 Å². The average Bonchev–Trinajstić information content (AvgIpc) is 3.35. The van der Waals surface area contributed by atoms with Crippen LogP contribution < -0.4 is 5.73 Å². The number of nitrogens with zero attached hydrogens (tertiary/aromatic N) is 1. The van der Waals surface area contributed by atoms with Crippen molar-refractivity contribution in [3.05, 3.63) is 35.4 Å². The van der Waals surface area contributed by atoms with Gasteiger partial charge < -0.3 is 5.73 Å². The quantitative estimate of drug-likeness (QED) is 0.688. The van der Waals surface area contributed by atoms with Crippen LogP contribution in [0.25, 0.3) is 0 Å². The van der Waals surface area contributed by atoms with Gasteiger partial charge in [0.25, 0.3) is 0 Å². The highest BCUT2D eigenvalue weighted by Gasteiger charge is 2.24. The molecule has 2 rings (SSSR count). The van der Waals surface area contributed by atoms with Gasteiger partial charge in [0.15, 0.2) is 0 Å². The highest BCUT2D eigenvalue weighted by atomic mass is 15.2. The molecule has 2 nitrogen and oxygen atoms in total. The zero-order chi connectivity index (χ0) is 15.1. The summed E-state index contributed by atoms with van der Waals surface area (Å²) in [4.78, 5) is 2.60. The molecule has 0 aliphatic heterocycles. The molecule has 2 heteroatoms. The minimum Gasteiger partial charge on any atom is -0.329 e. The Bertz CT molecular complexity index is 387. The smallest absolute Gasteiger partial charge is 0.0470 e. The number of rotatable bonds is 10. The van der Waals surface area contributed by atoms with Crippen LogP contribution in [0.1, 0.15) is 75.5 Å². The fourth-order valence-electron chi connectivity index (χ4n) is 3.05. The molecule has 2 N–H and O–H groups in total. The molecule has 1 aromatic rings. The van der Waals surface area contributed by atoms with Gasteiger partial charge in [0.05, 0.1) is 0 Å². The fourth-order valence-corrected chi connectivity index (χ4v) is 3.05. The van der Waals surface area contributed by atoms with Gasteiger partial charge in [-0.2, -0.15) is 0 Å². The molecule has 1 fully saturated rings. The maximum Gasteiger partial charge on any atom is 0.0470 e. The molecule has 1 aromatic carbocycles. The highest BCUT2D eigenvalue weighted by molar-refractivity contribution is 5.30. The molecule has 0 aromatic heterocycles. The summed E-state index contributed by atoms with van der Waals surface area (Å²) < 4.78 is 0. The molecule has 1 saturated carbocycles. The zero-order valence-corrected chi connectivity index (χ0v) is 13.9. The van der Waals surface area contributed by atoms with E-state index >= 15 is 0 Å². The van der Waals surface area contributed by atoms with Gasteiger partial charge in [-0.15, -0.1) is 0 Å². The normalized spacial score (nSPS) is 16.4. The maximum atomic E-state index is 6.12. The molecule has 118 valence electrons. The van der Waals surface area contributed by atoms with E-state index in [1.807, 2.05) is 0 Å². The van der Waals surface area contributed by atoms with E-state index in [-0.39, 0.29) is 0 Å². The van der Waals surface area contributed by atoms with Crippen LogP contribution in [0.5, 0.6) is 0 Å². The average molecular weight is 288 g/mol. The molecule has 0 bridgehead atoms. The molecular weight excluding hydrogens is 256 g/mol. The Labute approximate surface area is 130 Å². The van der Waals surface area contributed by atoms with Crippen LogP contribution in [0.3, 0.4) is 0 Å². The van der Waals surface area contributed by atoms with E-state index in [0.29, 0.717) is 6.04 Å². The summed E-state index contributed by atoms with van der Waals surface area (Å²) in [5, 5.41) is 0. The van der Waals surface area contributed by atoms with E-state index in [2.05, 4.69) is 43.0 Å². The van der Waals surface area contributed by atoms with E-state index in [1.165, 1.54) is 62.7 Å². The lowest BCUT2D eigenvalue weighted by Gasteiger charge is -2.31. The molecule has 21 heavy (non-hydrogen) atoms. The predicted molar refractivity (Wildman–Crippen MR) is 91.6 cm³/mol. The van der Waals surface area contributed by atoms with E-state index in [1.54, 1.807) is 0 Å². The summed E-state index contributed by atoms with van der Waals surface area (Å²) in [6, 6.07) is 9.67. The minimum atomic E-state index is 0.386. The molecule has 0 saturated heterocycles. The van der Waals surface area contributed by atoms with Crippen molar-refractivity contribution in [1.82, 2.24) is 4.90 Å². The number of nitrogens with two attached hydrogens (primary N) is 1. The van der Waals surface area contributed by atoms with Crippen molar-refractivity contribution < 1.29 is 0 Å². The SMILES string of the molecule is CCCCN(CCCC)C(CN)c1ccc(C2CC2)cc1. The van der Waals surface area contributed by atoms with Gasteiger partial charge in [-0.25, -0.2) is 0 Å². The first-order chi connectivity index (χ1) is 10.3. The van der Waals surface area contributed by atoms with Gasteiger partial charge in [0, 0.05) is 12.6 Å². The third-order valence-electron chi connectivity index (χ3n) is 4.63. The molecule has 1 aliphatic carbocycles. The number of benzene rings is 1. The van der Waals surface area contributed by atoms with Gasteiger partial charge in [-0.1, -0.05) is 51.0 Å². The molecule has 0 spiro atoms. The molecule has 0 heterocycles. The van der Waals surface area contributed by atoms with Crippen molar-refractivity contribution in [2.45, 2.75) is 64.3 Å². The highest BCUT2D eigenvalue weighted by Crippen LogP contribution is 2.40. The number of hydrogen-bond donors (Lipinski definition) is 1. The molecule has 1 aliphatic rings. The summed E-state index contributed by atoms with van der Waals surface area (Å²) >= 11 is 0. The Morgan fingerprint density at radius 3 is 2.05 bits per heavy atom. The lowest BCUT2D eigenvalue weighted by molar-refractivity contribution is 0.195. The largest absolute Gasteiger partial charge is 0.329 e. The Morgan fingerprint density at radius 2 is 1.62 bits per heavy atom. The van der Waals surface area contributed by atoms with Crippen LogP contribution in [0.15, 0.2) is 24.3 Å². The first-order valence-electron chi connectivity index (χ1n) is 8.84. The Balaban J connectivity index is 2.05. The van der Waals surface area contributed by atoms with Gasteiger partial charge in [0.2, 0.25) is 0 Å². The zero-order valence-electron chi connectivity index (χ0n) is 13.9. The number of unbranched alkanes of at least 4 members (excludes halogenated alkanes) is 2. The molecule has 1 atom stereocenters. The first kappa shape index (κ1) is 16.5. The maximum absolute atomic E-state index is 6.12. The van der Waals surface area contributed by atoms with Gasteiger partial charge >= 0.3 is 0 Å². The summed E-state index contributed by atoms with van der Waals surface area (Å²) in [5.74, 6) is 0.840. The van der Waals surface area contributed by atoms with E-state index in [4.69, 9.17) is 5.73 Å². The van der Waals surface area contributed by atoms with Crippen molar-refractivity contribution >= 4 is 0 Å². The van der Waals surface area contributed by atoms with E-state index in [9.17, 15) is 0 Å². The fraction of sp³-hybridized carbons (Fsp3) is 0.684. The van der Waals surface area contributed by atoms with Crippen molar-refractivity contribution in [1.29, 1.82) is 0 Å². The third kappa shape index (κ3) is 4.82. The summed E-state index contributed by atoms with van der Waals surface area (Å²) in [6.45, 7) is 7.58. The topological polar surface area (TPSA) is 29.3 Å². The van der Waals surface area contributed by atoms with Crippen molar-refractivity contribution in [3.63, 3.8) is 0 Å². The first-order valence-corrected chi connectivity index (χ1v) is 8.84. The second-order valence-electron chi connectivity index (χ2n) is 6.44. The standard InChI is InChI=1S/C19H32N2/c1-3-5-13-21(14-6-4-2)19(15-20)18-11-9-17(10-12-18)16-7-8-16/h9-12,16,19H,3-8,13-15,20H2,1-2H3. The van der Waals surface area contributed by atoms with Crippen LogP contribution in [-0.4, -0.2) is 24.5 Å². The monoisotopic (exact) mass is 288 g/mol. The molecule has 0 amide bonds. The predicted octanol–water partition coefficient (Wildman–Crippen LogP) is 4.47. The Morgan fingerprint density at radius 1 is 1.05 bits per heavy atom. The Kier molecular flexibility index (Phi) is 6.72. The molecular formula is C19H32N2. The van der Waals surface area contributed by atoms with E-state index < -0.39 is 0 Å². The van der Waals surface area contributed by atoms with Gasteiger partial charge in [-0.3, -0.25) is 4.90 Å². The van der Waals surface area contributed by atoms with Crippen molar-refractivity contribution in [2.75, 3.05) is 19.6 Å². The van der Waals surface area contributed by atoms with Crippen LogP contribution in [0.2, 0.25) is 0 Å². The number of hydrogen-bond acceptors (Lipinski definition) is 2. The Hall–Kier alpha value is -0.860. The lowest BCUT2D eigenvalue weighted by atomic mass is 10.0. The van der Waals surface area contributed by atoms with Crippen LogP contribution in [0.4, 0.5) is 0 Å².